The molecule has 7 heteroatoms. The first-order valence-corrected chi connectivity index (χ1v) is 15.9. The fourth-order valence-corrected chi connectivity index (χ4v) is 5.32. The molecule has 3 heterocycles. The summed E-state index contributed by atoms with van der Waals surface area (Å²) in [6.07, 6.45) is 22.5. The second kappa shape index (κ2) is 16.2. The van der Waals surface area contributed by atoms with Gasteiger partial charge in [-0.1, -0.05) is 77.0 Å². The first-order valence-electron chi connectivity index (χ1n) is 15.9. The van der Waals surface area contributed by atoms with E-state index in [0.29, 0.717) is 39.0 Å². The van der Waals surface area contributed by atoms with Gasteiger partial charge in [0.05, 0.1) is 0 Å². The van der Waals surface area contributed by atoms with Gasteiger partial charge in [0.25, 0.3) is 0 Å². The van der Waals surface area contributed by atoms with Gasteiger partial charge in [0.15, 0.2) is 5.60 Å². The summed E-state index contributed by atoms with van der Waals surface area (Å²) in [4.78, 5) is 29.2. The molecule has 0 radical (unpaired) electrons. The number of amides is 1. The monoisotopic (exact) mass is 573 g/mol. The minimum atomic E-state index is -0.827. The molecule has 42 heavy (non-hydrogen) atoms. The van der Waals surface area contributed by atoms with Crippen LogP contribution in [0.2, 0.25) is 0 Å². The predicted molar refractivity (Wildman–Crippen MR) is 174 cm³/mol. The highest BCUT2D eigenvalue weighted by molar-refractivity contribution is 5.96. The number of rotatable bonds is 12. The van der Waals surface area contributed by atoms with Gasteiger partial charge in [-0.15, -0.1) is 6.42 Å². The lowest BCUT2D eigenvalue weighted by Crippen LogP contribution is -2.52. The summed E-state index contributed by atoms with van der Waals surface area (Å²) in [5.74, 6) is 4.61. The lowest BCUT2D eigenvalue weighted by atomic mass is 9.93. The molecule has 1 fully saturated rings. The Morgan fingerprint density at radius 2 is 1.88 bits per heavy atom. The third kappa shape index (κ3) is 8.50. The van der Waals surface area contributed by atoms with Crippen LogP contribution in [0.3, 0.4) is 0 Å². The van der Waals surface area contributed by atoms with E-state index in [1.165, 1.54) is 12.0 Å². The normalized spacial score (nSPS) is 18.4. The van der Waals surface area contributed by atoms with Gasteiger partial charge in [-0.2, -0.15) is 0 Å². The van der Waals surface area contributed by atoms with Gasteiger partial charge in [0.2, 0.25) is 0 Å². The summed E-state index contributed by atoms with van der Waals surface area (Å²) in [6, 6.07) is 4.16. The smallest absolute Gasteiger partial charge is 0.411 e. The molecular formula is C35H51N5O2. The van der Waals surface area contributed by atoms with E-state index in [1.54, 1.807) is 4.90 Å². The first-order chi connectivity index (χ1) is 20.3. The van der Waals surface area contributed by atoms with Crippen molar-refractivity contribution in [2.75, 3.05) is 33.2 Å². The summed E-state index contributed by atoms with van der Waals surface area (Å²) < 4.78 is 5.99. The van der Waals surface area contributed by atoms with Gasteiger partial charge in [-0.3, -0.25) is 4.98 Å². The zero-order chi connectivity index (χ0) is 30.5. The number of aliphatic imine (C=N–C) groups is 1. The van der Waals surface area contributed by atoms with Crippen LogP contribution < -0.4 is 0 Å². The van der Waals surface area contributed by atoms with Crippen molar-refractivity contribution in [1.29, 1.82) is 0 Å². The molecule has 1 saturated heterocycles. The van der Waals surface area contributed by atoms with Crippen LogP contribution in [0.5, 0.6) is 0 Å². The fourth-order valence-electron chi connectivity index (χ4n) is 5.32. The molecule has 1 atom stereocenters. The van der Waals surface area contributed by atoms with E-state index in [9.17, 15) is 4.79 Å². The number of nitrogens with zero attached hydrogens (tertiary/aromatic N) is 5. The largest absolute Gasteiger partial charge is 0.430 e. The van der Waals surface area contributed by atoms with Crippen LogP contribution in [0.25, 0.3) is 5.57 Å². The Bertz CT molecular complexity index is 1220. The Labute approximate surface area is 254 Å². The molecule has 1 aromatic heterocycles. The third-order valence-electron chi connectivity index (χ3n) is 8.27. The number of carbonyl (C=O) groups is 1. The fraction of sp³-hybridized carbons (Fsp3) is 0.571. The number of unbranched alkanes of at least 4 members (excludes halogenated alkanes) is 3. The molecule has 228 valence electrons. The lowest BCUT2D eigenvalue weighted by Gasteiger charge is -2.38. The second-order valence-electron chi connectivity index (χ2n) is 11.4. The maximum absolute atomic E-state index is 13.2. The number of carbonyl (C=O) groups excluding carboxylic acids is 1. The average molecular weight is 574 g/mol. The van der Waals surface area contributed by atoms with E-state index in [0.717, 1.165) is 67.0 Å². The molecule has 0 spiro atoms. The molecule has 0 aliphatic carbocycles. The van der Waals surface area contributed by atoms with Crippen LogP contribution in [0.1, 0.15) is 97.2 Å². The van der Waals surface area contributed by atoms with Gasteiger partial charge in [0, 0.05) is 62.5 Å². The van der Waals surface area contributed by atoms with Crippen LogP contribution in [0.4, 0.5) is 4.79 Å². The molecule has 0 N–H and O–H groups in total. The minimum absolute atomic E-state index is 0.311. The first kappa shape index (κ1) is 33.0. The summed E-state index contributed by atoms with van der Waals surface area (Å²) in [7, 11) is 2.04. The number of hydrogen-bond donors (Lipinski definition) is 0. The Balaban J connectivity index is 1.80. The summed E-state index contributed by atoms with van der Waals surface area (Å²) in [6.45, 7) is 13.2. The maximum Gasteiger partial charge on any atom is 0.411 e. The SMILES string of the molecule is C#CC(CC)(CCCCCC)OC(=O)N1CCN(C2=N/C(=C(/C=C(C)CC)c3cccnc3CCC)N(C)C=C2)CC1. The zero-order valence-corrected chi connectivity index (χ0v) is 26.8. The molecule has 1 amide bonds. The average Bonchev–Trinajstić information content (AvgIpc) is 3.02. The Kier molecular flexibility index (Phi) is 12.7. The van der Waals surface area contributed by atoms with Gasteiger partial charge in [-0.25, -0.2) is 9.79 Å². The molecule has 0 aromatic carbocycles. The van der Waals surface area contributed by atoms with Crippen molar-refractivity contribution in [3.8, 4) is 12.3 Å². The number of hydrogen-bond acceptors (Lipinski definition) is 6. The number of pyridine rings is 1. The zero-order valence-electron chi connectivity index (χ0n) is 26.8. The van der Waals surface area contributed by atoms with E-state index in [4.69, 9.17) is 21.1 Å². The van der Waals surface area contributed by atoms with Gasteiger partial charge < -0.3 is 19.4 Å². The lowest BCUT2D eigenvalue weighted by molar-refractivity contribution is 0.0119. The Morgan fingerprint density at radius 1 is 1.12 bits per heavy atom. The van der Waals surface area contributed by atoms with Crippen LogP contribution in [-0.2, 0) is 11.2 Å². The molecule has 3 rings (SSSR count). The maximum atomic E-state index is 13.2. The van der Waals surface area contributed by atoms with Crippen molar-refractivity contribution in [3.63, 3.8) is 0 Å². The van der Waals surface area contributed by atoms with E-state index < -0.39 is 5.60 Å². The number of ether oxygens (including phenoxy) is 1. The molecular weight excluding hydrogens is 522 g/mol. The molecule has 2 aliphatic rings. The van der Waals surface area contributed by atoms with Crippen LogP contribution in [0.15, 0.2) is 53.1 Å². The number of piperazine rings is 1. The Hall–Kier alpha value is -3.53. The molecule has 0 bridgehead atoms. The predicted octanol–water partition coefficient (Wildman–Crippen LogP) is 7.42. The van der Waals surface area contributed by atoms with Crippen LogP contribution in [-0.4, -0.2) is 70.4 Å². The van der Waals surface area contributed by atoms with Crippen LogP contribution in [0, 0.1) is 12.3 Å². The van der Waals surface area contributed by atoms with Crippen LogP contribution >= 0.6 is 0 Å². The van der Waals surface area contributed by atoms with E-state index >= 15 is 0 Å². The molecule has 7 nitrogen and oxygen atoms in total. The number of amidine groups is 1. The quantitative estimate of drug-likeness (QED) is 0.192. The minimum Gasteiger partial charge on any atom is -0.430 e. The molecule has 2 aliphatic heterocycles. The van der Waals surface area contributed by atoms with Gasteiger partial charge >= 0.3 is 6.09 Å². The van der Waals surface area contributed by atoms with E-state index in [1.807, 2.05) is 26.2 Å². The highest BCUT2D eigenvalue weighted by atomic mass is 16.6. The standard InChI is InChI=1S/C35H51N5O2/c1-8-13-14-15-20-35(11-4,12-5)42-34(41)40-25-23-39(24-26-40)32-19-22-38(7)33(37-32)30(27-28(6)10-3)29-18-16-21-36-31(29)17-9-2/h4,16,18-19,21-22,27H,8-10,12-15,17,20,23-26H2,1-3,5-7H3/b28-27?,33-30+. The number of aromatic nitrogens is 1. The van der Waals surface area contributed by atoms with Crippen molar-refractivity contribution in [1.82, 2.24) is 19.7 Å². The third-order valence-corrected chi connectivity index (χ3v) is 8.27. The van der Waals surface area contributed by atoms with Gasteiger partial charge in [-0.05, 0) is 51.2 Å². The van der Waals surface area contributed by atoms with Crippen molar-refractivity contribution >= 4 is 17.5 Å². The molecule has 1 unspecified atom stereocenters. The van der Waals surface area contributed by atoms with Crippen molar-refractivity contribution in [2.45, 2.75) is 98.0 Å². The van der Waals surface area contributed by atoms with Gasteiger partial charge in [0.1, 0.15) is 11.7 Å². The highest BCUT2D eigenvalue weighted by Gasteiger charge is 2.33. The summed E-state index contributed by atoms with van der Waals surface area (Å²) in [5, 5.41) is 0. The van der Waals surface area contributed by atoms with Crippen molar-refractivity contribution in [3.05, 3.63) is 59.3 Å². The van der Waals surface area contributed by atoms with Crippen molar-refractivity contribution < 1.29 is 9.53 Å². The van der Waals surface area contributed by atoms with E-state index in [-0.39, 0.29) is 6.09 Å². The number of aryl methyl sites for hydroxylation is 1. The van der Waals surface area contributed by atoms with Crippen molar-refractivity contribution in [2.24, 2.45) is 4.99 Å². The summed E-state index contributed by atoms with van der Waals surface area (Å²) in [5.41, 5.74) is 3.77. The topological polar surface area (TPSA) is 61.3 Å². The number of terminal acetylenes is 1. The molecule has 0 saturated carbocycles. The highest BCUT2D eigenvalue weighted by Crippen LogP contribution is 2.30. The second-order valence-corrected chi connectivity index (χ2v) is 11.4. The number of allylic oxidation sites excluding steroid dienone is 3. The Morgan fingerprint density at radius 3 is 2.52 bits per heavy atom. The summed E-state index contributed by atoms with van der Waals surface area (Å²) >= 11 is 0. The molecule has 1 aromatic rings. The van der Waals surface area contributed by atoms with E-state index in [2.05, 4.69) is 67.8 Å².